The van der Waals surface area contributed by atoms with Crippen molar-refractivity contribution in [1.82, 2.24) is 0 Å². The standard InChI is InChI=1S/C24H26O6/c1-26-20-7-15-14(6-13(20)12-25)16-8-21(27-2)23(29-4)10-18(16)19-11-24(30-5)22(28-3)9-17(15)19/h6-11,17,19,25H,12H2,1-5H3. The van der Waals surface area contributed by atoms with Gasteiger partial charge in [-0.05, 0) is 58.7 Å². The molecule has 0 radical (unpaired) electrons. The number of aliphatic hydroxyl groups excluding tert-OH is 1. The summed E-state index contributed by atoms with van der Waals surface area (Å²) < 4.78 is 27.8. The molecule has 30 heavy (non-hydrogen) atoms. The van der Waals surface area contributed by atoms with Crippen LogP contribution < -0.4 is 14.2 Å². The number of allylic oxidation sites excluding steroid dienone is 2. The normalized spacial score (nSPS) is 18.9. The van der Waals surface area contributed by atoms with E-state index in [2.05, 4.69) is 12.2 Å². The molecule has 0 saturated heterocycles. The van der Waals surface area contributed by atoms with Gasteiger partial charge in [-0.25, -0.2) is 0 Å². The average Bonchev–Trinajstić information content (AvgIpc) is 2.81. The molecule has 2 atom stereocenters. The number of hydrogen-bond acceptors (Lipinski definition) is 6. The van der Waals surface area contributed by atoms with Crippen molar-refractivity contribution in [3.63, 3.8) is 0 Å². The third-order valence-electron chi connectivity index (χ3n) is 5.92. The van der Waals surface area contributed by atoms with Gasteiger partial charge in [-0.3, -0.25) is 0 Å². The van der Waals surface area contributed by atoms with Crippen LogP contribution in [-0.4, -0.2) is 40.7 Å². The van der Waals surface area contributed by atoms with Gasteiger partial charge in [0.05, 0.1) is 42.2 Å². The van der Waals surface area contributed by atoms with Crippen LogP contribution in [0.3, 0.4) is 0 Å². The van der Waals surface area contributed by atoms with Gasteiger partial charge in [0.15, 0.2) is 23.0 Å². The van der Waals surface area contributed by atoms with E-state index in [9.17, 15) is 5.11 Å². The summed E-state index contributed by atoms with van der Waals surface area (Å²) in [4.78, 5) is 0. The summed E-state index contributed by atoms with van der Waals surface area (Å²) >= 11 is 0. The van der Waals surface area contributed by atoms with Crippen molar-refractivity contribution in [2.24, 2.45) is 0 Å². The summed E-state index contributed by atoms with van der Waals surface area (Å²) in [5, 5.41) is 9.88. The van der Waals surface area contributed by atoms with Crippen molar-refractivity contribution in [3.05, 3.63) is 64.6 Å². The molecular weight excluding hydrogens is 384 g/mol. The molecule has 2 aromatic rings. The van der Waals surface area contributed by atoms with Crippen LogP contribution in [0.25, 0.3) is 11.1 Å². The molecule has 2 unspecified atom stereocenters. The van der Waals surface area contributed by atoms with Gasteiger partial charge in [0.25, 0.3) is 0 Å². The Bertz CT molecular complexity index is 953. The minimum Gasteiger partial charge on any atom is -0.496 e. The summed E-state index contributed by atoms with van der Waals surface area (Å²) in [5.74, 6) is 3.41. The third-order valence-corrected chi connectivity index (χ3v) is 5.92. The second-order valence-electron chi connectivity index (χ2n) is 7.23. The van der Waals surface area contributed by atoms with Crippen LogP contribution in [0.2, 0.25) is 0 Å². The lowest BCUT2D eigenvalue weighted by Crippen LogP contribution is -2.21. The van der Waals surface area contributed by atoms with E-state index in [1.54, 1.807) is 35.5 Å². The molecule has 2 aliphatic rings. The number of hydrogen-bond donors (Lipinski definition) is 1. The van der Waals surface area contributed by atoms with E-state index in [1.807, 2.05) is 24.3 Å². The summed E-state index contributed by atoms with van der Waals surface area (Å²) in [5.41, 5.74) is 4.98. The zero-order chi connectivity index (χ0) is 21.4. The van der Waals surface area contributed by atoms with Gasteiger partial charge >= 0.3 is 0 Å². The number of benzene rings is 2. The van der Waals surface area contributed by atoms with Crippen LogP contribution in [0, 0.1) is 0 Å². The summed E-state index contributed by atoms with van der Waals surface area (Å²) in [6, 6.07) is 8.01. The van der Waals surface area contributed by atoms with Gasteiger partial charge in [-0.1, -0.05) is 0 Å². The van der Waals surface area contributed by atoms with E-state index < -0.39 is 0 Å². The highest BCUT2D eigenvalue weighted by Crippen LogP contribution is 2.54. The SMILES string of the molecule is COC1=CC2c3cc(OC)c(CO)cc3-c3cc(OC)c(OC)cc3C2C=C1OC. The molecule has 0 aliphatic heterocycles. The first-order valence-electron chi connectivity index (χ1n) is 9.70. The Morgan fingerprint density at radius 1 is 0.633 bits per heavy atom. The van der Waals surface area contributed by atoms with E-state index >= 15 is 0 Å². The predicted octanol–water partition coefficient (Wildman–Crippen LogP) is 4.13. The number of ether oxygens (including phenoxy) is 5. The minimum atomic E-state index is -0.111. The van der Waals surface area contributed by atoms with Gasteiger partial charge in [-0.15, -0.1) is 0 Å². The van der Waals surface area contributed by atoms with Crippen LogP contribution in [0.4, 0.5) is 0 Å². The zero-order valence-corrected chi connectivity index (χ0v) is 17.8. The van der Waals surface area contributed by atoms with Gasteiger partial charge in [0.1, 0.15) is 5.75 Å². The lowest BCUT2D eigenvalue weighted by Gasteiger charge is -2.36. The quantitative estimate of drug-likeness (QED) is 0.773. The van der Waals surface area contributed by atoms with Crippen molar-refractivity contribution in [3.8, 4) is 28.4 Å². The molecule has 2 aliphatic carbocycles. The fourth-order valence-electron chi connectivity index (χ4n) is 4.47. The molecule has 1 N–H and O–H groups in total. The molecular formula is C24H26O6. The summed E-state index contributed by atoms with van der Waals surface area (Å²) in [6.45, 7) is -0.111. The molecule has 4 rings (SSSR count). The largest absolute Gasteiger partial charge is 0.496 e. The lowest BCUT2D eigenvalue weighted by molar-refractivity contribution is 0.212. The van der Waals surface area contributed by atoms with E-state index in [-0.39, 0.29) is 18.4 Å². The van der Waals surface area contributed by atoms with E-state index in [4.69, 9.17) is 23.7 Å². The maximum atomic E-state index is 9.88. The van der Waals surface area contributed by atoms with Crippen LogP contribution in [0.15, 0.2) is 47.9 Å². The highest BCUT2D eigenvalue weighted by atomic mass is 16.5. The molecule has 0 aromatic heterocycles. The molecule has 0 amide bonds. The van der Waals surface area contributed by atoms with E-state index in [1.165, 1.54) is 0 Å². The fraction of sp³-hybridized carbons (Fsp3) is 0.333. The van der Waals surface area contributed by atoms with Gasteiger partial charge < -0.3 is 28.8 Å². The Kier molecular flexibility index (Phi) is 5.35. The number of methoxy groups -OCH3 is 5. The minimum absolute atomic E-state index is 0.0149. The summed E-state index contributed by atoms with van der Waals surface area (Å²) in [6.07, 6.45) is 4.17. The number of fused-ring (bicyclic) bond motifs is 6. The van der Waals surface area contributed by atoms with Crippen molar-refractivity contribution >= 4 is 0 Å². The Morgan fingerprint density at radius 2 is 1.10 bits per heavy atom. The molecule has 0 spiro atoms. The molecule has 0 bridgehead atoms. The summed E-state index contributed by atoms with van der Waals surface area (Å²) in [7, 11) is 8.15. The Labute approximate surface area is 176 Å². The lowest BCUT2D eigenvalue weighted by atomic mass is 9.69. The molecule has 6 heteroatoms. The smallest absolute Gasteiger partial charge is 0.161 e. The molecule has 0 fully saturated rings. The van der Waals surface area contributed by atoms with Gasteiger partial charge in [0, 0.05) is 17.4 Å². The maximum absolute atomic E-state index is 9.88. The molecule has 0 heterocycles. The van der Waals surface area contributed by atoms with Crippen molar-refractivity contribution in [2.75, 3.05) is 35.5 Å². The van der Waals surface area contributed by atoms with Crippen LogP contribution >= 0.6 is 0 Å². The van der Waals surface area contributed by atoms with Crippen molar-refractivity contribution in [2.45, 2.75) is 18.4 Å². The van der Waals surface area contributed by atoms with Crippen LogP contribution in [0.1, 0.15) is 28.5 Å². The van der Waals surface area contributed by atoms with Crippen molar-refractivity contribution < 1.29 is 28.8 Å². The van der Waals surface area contributed by atoms with E-state index in [0.29, 0.717) is 28.8 Å². The van der Waals surface area contributed by atoms with Crippen LogP contribution in [0.5, 0.6) is 17.2 Å². The topological polar surface area (TPSA) is 66.4 Å². The third kappa shape index (κ3) is 2.99. The molecule has 158 valence electrons. The number of rotatable bonds is 6. The Hall–Kier alpha value is -3.12. The monoisotopic (exact) mass is 410 g/mol. The van der Waals surface area contributed by atoms with Crippen LogP contribution in [-0.2, 0) is 16.1 Å². The van der Waals surface area contributed by atoms with Gasteiger partial charge in [-0.2, -0.15) is 0 Å². The van der Waals surface area contributed by atoms with E-state index in [0.717, 1.165) is 27.8 Å². The van der Waals surface area contributed by atoms with Crippen molar-refractivity contribution in [1.29, 1.82) is 0 Å². The molecule has 0 saturated carbocycles. The van der Waals surface area contributed by atoms with Gasteiger partial charge in [0.2, 0.25) is 0 Å². The second kappa shape index (κ2) is 7.95. The Balaban J connectivity index is 2.04. The second-order valence-corrected chi connectivity index (χ2v) is 7.23. The molecule has 6 nitrogen and oxygen atoms in total. The first kappa shape index (κ1) is 20.2. The first-order chi connectivity index (χ1) is 14.6. The maximum Gasteiger partial charge on any atom is 0.161 e. The zero-order valence-electron chi connectivity index (χ0n) is 17.8. The average molecular weight is 410 g/mol. The highest BCUT2D eigenvalue weighted by molar-refractivity contribution is 5.81. The molecule has 2 aromatic carbocycles. The fourth-order valence-corrected chi connectivity index (χ4v) is 4.47. The first-order valence-corrected chi connectivity index (χ1v) is 9.70. The Morgan fingerprint density at radius 3 is 1.57 bits per heavy atom. The highest BCUT2D eigenvalue weighted by Gasteiger charge is 2.37. The number of aliphatic hydroxyl groups is 1. The predicted molar refractivity (Wildman–Crippen MR) is 113 cm³/mol.